The summed E-state index contributed by atoms with van der Waals surface area (Å²) in [6.45, 7) is 3.49. The van der Waals surface area contributed by atoms with Crippen molar-refractivity contribution in [2.24, 2.45) is 11.1 Å². The Morgan fingerprint density at radius 3 is 2.90 bits per heavy atom. The summed E-state index contributed by atoms with van der Waals surface area (Å²) < 4.78 is 0. The van der Waals surface area contributed by atoms with Crippen LogP contribution in [0.5, 0.6) is 0 Å². The number of aromatic nitrogens is 1. The lowest BCUT2D eigenvalue weighted by Gasteiger charge is -2.27. The molecule has 1 aliphatic rings. The normalized spacial score (nSPS) is 27.2. The van der Waals surface area contributed by atoms with Gasteiger partial charge < -0.3 is 16.2 Å². The highest BCUT2D eigenvalue weighted by atomic mass is 32.1. The predicted molar refractivity (Wildman–Crippen MR) is 75.6 cm³/mol. The van der Waals surface area contributed by atoms with Crippen LogP contribution in [0.1, 0.15) is 54.6 Å². The maximum absolute atomic E-state index is 12.1. The van der Waals surface area contributed by atoms with Gasteiger partial charge in [-0.3, -0.25) is 9.59 Å². The molecule has 1 heterocycles. The fourth-order valence-corrected chi connectivity index (χ4v) is 3.24. The van der Waals surface area contributed by atoms with Crippen molar-refractivity contribution in [1.82, 2.24) is 10.3 Å². The van der Waals surface area contributed by atoms with Crippen LogP contribution in [0.25, 0.3) is 0 Å². The average Bonchev–Trinajstić information content (AvgIpc) is 2.98. The van der Waals surface area contributed by atoms with Gasteiger partial charge in [0.1, 0.15) is 10.7 Å². The molecule has 110 valence electrons. The molecule has 20 heavy (non-hydrogen) atoms. The molecule has 0 saturated heterocycles. The Morgan fingerprint density at radius 1 is 1.65 bits per heavy atom. The fraction of sp³-hybridized carbons (Fsp3) is 0.615. The van der Waals surface area contributed by atoms with Crippen LogP contribution in [0.3, 0.4) is 0 Å². The summed E-state index contributed by atoms with van der Waals surface area (Å²) in [6, 6.07) is -0.565. The number of rotatable bonds is 4. The summed E-state index contributed by atoms with van der Waals surface area (Å²) in [7, 11) is 0. The van der Waals surface area contributed by atoms with Gasteiger partial charge in [-0.15, -0.1) is 11.3 Å². The van der Waals surface area contributed by atoms with Crippen molar-refractivity contribution in [3.8, 4) is 0 Å². The van der Waals surface area contributed by atoms with Crippen molar-refractivity contribution < 1.29 is 14.7 Å². The van der Waals surface area contributed by atoms with Gasteiger partial charge >= 0.3 is 5.97 Å². The SMILES string of the molecule is CC(N)c1nc(C(=O)NC2CCCC2(C)C(=O)O)cs1. The van der Waals surface area contributed by atoms with Crippen LogP contribution >= 0.6 is 11.3 Å². The molecule has 4 N–H and O–H groups in total. The molecular weight excluding hydrogens is 278 g/mol. The number of nitrogens with zero attached hydrogens (tertiary/aromatic N) is 1. The van der Waals surface area contributed by atoms with E-state index in [2.05, 4.69) is 10.3 Å². The maximum Gasteiger partial charge on any atom is 0.311 e. The van der Waals surface area contributed by atoms with E-state index in [-0.39, 0.29) is 18.0 Å². The number of carbonyl (C=O) groups is 2. The highest BCUT2D eigenvalue weighted by molar-refractivity contribution is 7.09. The molecule has 0 aromatic carbocycles. The molecule has 0 radical (unpaired) electrons. The molecule has 1 amide bonds. The number of carboxylic acids is 1. The van der Waals surface area contributed by atoms with Crippen LogP contribution in [0.2, 0.25) is 0 Å². The van der Waals surface area contributed by atoms with Gasteiger partial charge in [-0.25, -0.2) is 4.98 Å². The van der Waals surface area contributed by atoms with E-state index in [1.165, 1.54) is 11.3 Å². The number of carboxylic acid groups (broad SMARTS) is 1. The lowest BCUT2D eigenvalue weighted by molar-refractivity contribution is -0.148. The number of nitrogens with two attached hydrogens (primary N) is 1. The van der Waals surface area contributed by atoms with Gasteiger partial charge in [-0.1, -0.05) is 6.42 Å². The van der Waals surface area contributed by atoms with E-state index in [0.29, 0.717) is 23.5 Å². The predicted octanol–water partition coefficient (Wildman–Crippen LogP) is 1.54. The van der Waals surface area contributed by atoms with Crippen molar-refractivity contribution in [3.63, 3.8) is 0 Å². The van der Waals surface area contributed by atoms with Crippen molar-refractivity contribution in [3.05, 3.63) is 16.1 Å². The summed E-state index contributed by atoms with van der Waals surface area (Å²) >= 11 is 1.34. The quantitative estimate of drug-likeness (QED) is 0.781. The number of aliphatic carboxylic acids is 1. The van der Waals surface area contributed by atoms with Gasteiger partial charge in [-0.2, -0.15) is 0 Å². The zero-order valence-electron chi connectivity index (χ0n) is 11.5. The fourth-order valence-electron chi connectivity index (χ4n) is 2.49. The van der Waals surface area contributed by atoms with Gasteiger partial charge in [0, 0.05) is 11.4 Å². The minimum Gasteiger partial charge on any atom is -0.481 e. The van der Waals surface area contributed by atoms with E-state index in [0.717, 1.165) is 6.42 Å². The van der Waals surface area contributed by atoms with E-state index in [1.54, 1.807) is 19.2 Å². The summed E-state index contributed by atoms with van der Waals surface area (Å²) in [6.07, 6.45) is 2.06. The first-order valence-corrected chi connectivity index (χ1v) is 7.48. The second-order valence-electron chi connectivity index (χ2n) is 5.50. The zero-order valence-corrected chi connectivity index (χ0v) is 12.4. The largest absolute Gasteiger partial charge is 0.481 e. The zero-order chi connectivity index (χ0) is 14.9. The Bertz CT molecular complexity index is 529. The Hall–Kier alpha value is -1.47. The van der Waals surface area contributed by atoms with Gasteiger partial charge in [0.05, 0.1) is 11.5 Å². The molecule has 1 saturated carbocycles. The summed E-state index contributed by atoms with van der Waals surface area (Å²) in [5, 5.41) is 14.5. The summed E-state index contributed by atoms with van der Waals surface area (Å²) in [5.41, 5.74) is 5.13. The Kier molecular flexibility index (Phi) is 4.10. The van der Waals surface area contributed by atoms with E-state index >= 15 is 0 Å². The number of amides is 1. The molecule has 1 fully saturated rings. The second-order valence-corrected chi connectivity index (χ2v) is 6.39. The first kappa shape index (κ1) is 14.9. The highest BCUT2D eigenvalue weighted by Crippen LogP contribution is 2.38. The molecule has 0 aliphatic heterocycles. The van der Waals surface area contributed by atoms with Crippen LogP contribution in [0.4, 0.5) is 0 Å². The Morgan fingerprint density at radius 2 is 2.35 bits per heavy atom. The van der Waals surface area contributed by atoms with E-state index in [4.69, 9.17) is 5.73 Å². The molecular formula is C13H19N3O3S. The van der Waals surface area contributed by atoms with Gasteiger partial charge in [0.2, 0.25) is 0 Å². The van der Waals surface area contributed by atoms with Crippen LogP contribution in [-0.2, 0) is 4.79 Å². The van der Waals surface area contributed by atoms with Crippen molar-refractivity contribution in [2.75, 3.05) is 0 Å². The van der Waals surface area contributed by atoms with Crippen LogP contribution < -0.4 is 11.1 Å². The molecule has 0 spiro atoms. The topological polar surface area (TPSA) is 105 Å². The smallest absolute Gasteiger partial charge is 0.311 e. The van der Waals surface area contributed by atoms with Gasteiger partial charge in [0.25, 0.3) is 5.91 Å². The first-order valence-electron chi connectivity index (χ1n) is 6.60. The van der Waals surface area contributed by atoms with Crippen molar-refractivity contribution in [1.29, 1.82) is 0 Å². The van der Waals surface area contributed by atoms with Crippen molar-refractivity contribution >= 4 is 23.2 Å². The lowest BCUT2D eigenvalue weighted by atomic mass is 9.85. The number of thiazole rings is 1. The van der Waals surface area contributed by atoms with Crippen molar-refractivity contribution in [2.45, 2.75) is 45.2 Å². The van der Waals surface area contributed by atoms with Crippen LogP contribution in [0.15, 0.2) is 5.38 Å². The lowest BCUT2D eigenvalue weighted by Crippen LogP contribution is -2.47. The number of nitrogens with one attached hydrogen (secondary N) is 1. The number of carbonyl (C=O) groups excluding carboxylic acids is 1. The van der Waals surface area contributed by atoms with E-state index in [9.17, 15) is 14.7 Å². The van der Waals surface area contributed by atoms with Crippen LogP contribution in [0, 0.1) is 5.41 Å². The molecule has 3 unspecified atom stereocenters. The monoisotopic (exact) mass is 297 g/mol. The maximum atomic E-state index is 12.1. The van der Waals surface area contributed by atoms with E-state index < -0.39 is 11.4 Å². The summed E-state index contributed by atoms with van der Waals surface area (Å²) in [5.74, 6) is -1.19. The first-order chi connectivity index (χ1) is 9.34. The van der Waals surface area contributed by atoms with Gasteiger partial charge in [-0.05, 0) is 26.7 Å². The second kappa shape index (κ2) is 5.49. The standard InChI is InChI=1S/C13H19N3O3S/c1-7(14)11-15-8(6-20-11)10(17)16-9-4-3-5-13(9,2)12(18)19/h6-7,9H,3-5,14H2,1-2H3,(H,16,17)(H,18,19). The Labute approximate surface area is 121 Å². The molecule has 2 rings (SSSR count). The molecule has 1 aromatic rings. The summed E-state index contributed by atoms with van der Waals surface area (Å²) in [4.78, 5) is 27.7. The molecule has 7 heteroatoms. The molecule has 1 aromatic heterocycles. The number of hydrogen-bond donors (Lipinski definition) is 3. The minimum atomic E-state index is -0.893. The average molecular weight is 297 g/mol. The third kappa shape index (κ3) is 2.69. The highest BCUT2D eigenvalue weighted by Gasteiger charge is 2.46. The van der Waals surface area contributed by atoms with Crippen LogP contribution in [-0.4, -0.2) is 28.0 Å². The molecule has 6 nitrogen and oxygen atoms in total. The third-order valence-electron chi connectivity index (χ3n) is 3.90. The number of hydrogen-bond acceptors (Lipinski definition) is 5. The minimum absolute atomic E-state index is 0.211. The molecule has 3 atom stereocenters. The molecule has 0 bridgehead atoms. The van der Waals surface area contributed by atoms with Gasteiger partial charge in [0.15, 0.2) is 0 Å². The third-order valence-corrected chi connectivity index (χ3v) is 4.94. The molecule has 1 aliphatic carbocycles. The Balaban J connectivity index is 2.09. The van der Waals surface area contributed by atoms with E-state index in [1.807, 2.05) is 0 Å².